The lowest BCUT2D eigenvalue weighted by Gasteiger charge is -2.12. The Kier molecular flexibility index (Phi) is 3.52. The minimum Gasteiger partial charge on any atom is -0.377 e. The predicted octanol–water partition coefficient (Wildman–Crippen LogP) is 1.63. The first kappa shape index (κ1) is 12.6. The Bertz CT molecular complexity index is 555. The third kappa shape index (κ3) is 2.64. The average molecular weight is 328 g/mol. The van der Waals surface area contributed by atoms with Gasteiger partial charge in [0.05, 0.1) is 16.7 Å². The molecule has 1 unspecified atom stereocenters. The van der Waals surface area contributed by atoms with Crippen molar-refractivity contribution in [1.29, 1.82) is 0 Å². The van der Waals surface area contributed by atoms with Gasteiger partial charge in [0, 0.05) is 26.4 Å². The van der Waals surface area contributed by atoms with Crippen molar-refractivity contribution in [2.75, 3.05) is 25.1 Å². The van der Waals surface area contributed by atoms with Crippen LogP contribution >= 0.6 is 15.9 Å². The molecular weight excluding hydrogens is 314 g/mol. The Morgan fingerprint density at radius 3 is 3.21 bits per heavy atom. The number of ether oxygens (including phenoxy) is 1. The number of hydrogen-bond donors (Lipinski definition) is 0. The van der Waals surface area contributed by atoms with Crippen molar-refractivity contribution in [3.05, 3.63) is 22.7 Å². The van der Waals surface area contributed by atoms with Gasteiger partial charge in [0.15, 0.2) is 5.82 Å². The summed E-state index contributed by atoms with van der Waals surface area (Å²) in [6.45, 7) is 2.08. The lowest BCUT2D eigenvalue weighted by atomic mass is 10.3. The van der Waals surface area contributed by atoms with Gasteiger partial charge in [-0.05, 0) is 22.4 Å². The largest absolute Gasteiger partial charge is 0.377 e. The van der Waals surface area contributed by atoms with Crippen LogP contribution in [0.25, 0.3) is 0 Å². The van der Waals surface area contributed by atoms with Crippen LogP contribution in [0.3, 0.4) is 0 Å². The van der Waals surface area contributed by atoms with Crippen LogP contribution in [-0.2, 0) is 11.3 Å². The van der Waals surface area contributed by atoms with Crippen molar-refractivity contribution in [2.45, 2.75) is 19.1 Å². The summed E-state index contributed by atoms with van der Waals surface area (Å²) in [5, 5.41) is 8.19. The van der Waals surface area contributed by atoms with Gasteiger partial charge in [-0.3, -0.25) is 4.68 Å². The molecule has 102 valence electrons. The van der Waals surface area contributed by atoms with E-state index in [-0.39, 0.29) is 0 Å². The van der Waals surface area contributed by atoms with Gasteiger partial charge in [0.25, 0.3) is 0 Å². The van der Waals surface area contributed by atoms with Crippen molar-refractivity contribution in [2.24, 2.45) is 0 Å². The quantitative estimate of drug-likeness (QED) is 0.850. The number of hydrogen-bond acceptors (Lipinski definition) is 6. The topological polar surface area (TPSA) is 69.2 Å². The molecule has 0 saturated carbocycles. The van der Waals surface area contributed by atoms with Gasteiger partial charge >= 0.3 is 6.01 Å². The highest BCUT2D eigenvalue weighted by Gasteiger charge is 2.27. The molecule has 0 aliphatic carbocycles. The van der Waals surface area contributed by atoms with Crippen LogP contribution in [0.4, 0.5) is 6.01 Å². The summed E-state index contributed by atoms with van der Waals surface area (Å²) in [5.41, 5.74) is 0. The summed E-state index contributed by atoms with van der Waals surface area (Å²) in [7, 11) is 1.61. The number of aromatic nitrogens is 4. The van der Waals surface area contributed by atoms with E-state index in [0.717, 1.165) is 24.0 Å². The maximum atomic E-state index is 5.24. The molecule has 1 saturated heterocycles. The van der Waals surface area contributed by atoms with Crippen LogP contribution in [0.2, 0.25) is 0 Å². The zero-order chi connectivity index (χ0) is 13.2. The highest BCUT2D eigenvalue weighted by Crippen LogP contribution is 2.26. The van der Waals surface area contributed by atoms with Crippen LogP contribution in [0.5, 0.6) is 0 Å². The third-order valence-electron chi connectivity index (χ3n) is 3.11. The first-order valence-corrected chi connectivity index (χ1v) is 6.81. The standard InChI is InChI=1S/C11H14BrN5O2/c1-18-7-10-14-11(19-15-10)16-3-2-9(6-16)17-5-8(12)4-13-17/h4-5,9H,2-3,6-7H2,1H3. The van der Waals surface area contributed by atoms with Gasteiger partial charge in [0.2, 0.25) is 0 Å². The van der Waals surface area contributed by atoms with Gasteiger partial charge in [-0.1, -0.05) is 5.16 Å². The number of rotatable bonds is 4. The summed E-state index contributed by atoms with van der Waals surface area (Å²) in [4.78, 5) is 6.38. The zero-order valence-corrected chi connectivity index (χ0v) is 12.1. The Labute approximate surface area is 118 Å². The molecule has 3 heterocycles. The molecule has 2 aromatic heterocycles. The Balaban J connectivity index is 1.67. The second-order valence-electron chi connectivity index (χ2n) is 4.45. The molecule has 1 fully saturated rings. The van der Waals surface area contributed by atoms with Gasteiger partial charge in [-0.15, -0.1) is 0 Å². The van der Waals surface area contributed by atoms with Gasteiger partial charge in [-0.2, -0.15) is 10.1 Å². The average Bonchev–Trinajstić information content (AvgIpc) is 3.07. The fraction of sp³-hybridized carbons (Fsp3) is 0.545. The normalized spacial score (nSPS) is 19.3. The van der Waals surface area contributed by atoms with E-state index in [2.05, 4.69) is 36.1 Å². The van der Waals surface area contributed by atoms with Crippen molar-refractivity contribution in [3.8, 4) is 0 Å². The smallest absolute Gasteiger partial charge is 0.324 e. The van der Waals surface area contributed by atoms with E-state index in [1.165, 1.54) is 0 Å². The molecule has 7 nitrogen and oxygen atoms in total. The fourth-order valence-corrected chi connectivity index (χ4v) is 2.51. The van der Waals surface area contributed by atoms with E-state index in [0.29, 0.717) is 24.5 Å². The van der Waals surface area contributed by atoms with Crippen LogP contribution in [0, 0.1) is 0 Å². The maximum Gasteiger partial charge on any atom is 0.324 e. The van der Waals surface area contributed by atoms with Gasteiger partial charge < -0.3 is 14.2 Å². The van der Waals surface area contributed by atoms with E-state index in [4.69, 9.17) is 9.26 Å². The molecule has 2 aromatic rings. The van der Waals surface area contributed by atoms with E-state index < -0.39 is 0 Å². The van der Waals surface area contributed by atoms with E-state index in [1.807, 2.05) is 10.9 Å². The Morgan fingerprint density at radius 1 is 1.58 bits per heavy atom. The highest BCUT2D eigenvalue weighted by molar-refractivity contribution is 9.10. The summed E-state index contributed by atoms with van der Waals surface area (Å²) < 4.78 is 13.2. The molecule has 0 bridgehead atoms. The molecule has 1 aliphatic rings. The SMILES string of the molecule is COCc1noc(N2CCC(n3cc(Br)cn3)C2)n1. The summed E-state index contributed by atoms with van der Waals surface area (Å²) >= 11 is 3.41. The molecule has 1 aliphatic heterocycles. The second-order valence-corrected chi connectivity index (χ2v) is 5.37. The molecule has 19 heavy (non-hydrogen) atoms. The molecule has 1 atom stereocenters. The number of halogens is 1. The number of nitrogens with zero attached hydrogens (tertiary/aromatic N) is 5. The molecule has 3 rings (SSSR count). The van der Waals surface area contributed by atoms with E-state index in [1.54, 1.807) is 13.3 Å². The molecule has 0 radical (unpaired) electrons. The van der Waals surface area contributed by atoms with E-state index in [9.17, 15) is 0 Å². The third-order valence-corrected chi connectivity index (χ3v) is 3.52. The van der Waals surface area contributed by atoms with Crippen LogP contribution in [-0.4, -0.2) is 40.1 Å². The molecule has 0 spiro atoms. The van der Waals surface area contributed by atoms with Crippen molar-refractivity contribution in [3.63, 3.8) is 0 Å². The van der Waals surface area contributed by atoms with Gasteiger partial charge in [0.1, 0.15) is 6.61 Å². The second kappa shape index (κ2) is 5.30. The molecule has 0 aromatic carbocycles. The van der Waals surface area contributed by atoms with Crippen LogP contribution < -0.4 is 4.90 Å². The molecule has 0 N–H and O–H groups in total. The summed E-state index contributed by atoms with van der Waals surface area (Å²) in [6, 6.07) is 0.893. The molecule has 8 heteroatoms. The number of anilines is 1. The monoisotopic (exact) mass is 327 g/mol. The van der Waals surface area contributed by atoms with Crippen LogP contribution in [0.15, 0.2) is 21.4 Å². The zero-order valence-electron chi connectivity index (χ0n) is 10.5. The minimum atomic E-state index is 0.337. The highest BCUT2D eigenvalue weighted by atomic mass is 79.9. The molecule has 0 amide bonds. The van der Waals surface area contributed by atoms with Crippen LogP contribution in [0.1, 0.15) is 18.3 Å². The minimum absolute atomic E-state index is 0.337. The maximum absolute atomic E-state index is 5.24. The predicted molar refractivity (Wildman–Crippen MR) is 70.8 cm³/mol. The van der Waals surface area contributed by atoms with E-state index >= 15 is 0 Å². The first-order chi connectivity index (χ1) is 9.26. The summed E-state index contributed by atoms with van der Waals surface area (Å²) in [6.07, 6.45) is 4.79. The Hall–Kier alpha value is -1.41. The lowest BCUT2D eigenvalue weighted by Crippen LogP contribution is -2.21. The van der Waals surface area contributed by atoms with Gasteiger partial charge in [-0.25, -0.2) is 0 Å². The fourth-order valence-electron chi connectivity index (χ4n) is 2.21. The van der Waals surface area contributed by atoms with Crippen molar-refractivity contribution < 1.29 is 9.26 Å². The Morgan fingerprint density at radius 2 is 2.47 bits per heavy atom. The van der Waals surface area contributed by atoms with Crippen molar-refractivity contribution >= 4 is 21.9 Å². The molecular formula is C11H14BrN5O2. The van der Waals surface area contributed by atoms with Crippen molar-refractivity contribution in [1.82, 2.24) is 19.9 Å². The summed E-state index contributed by atoms with van der Waals surface area (Å²) in [5.74, 6) is 0.572. The number of methoxy groups -OCH3 is 1. The first-order valence-electron chi connectivity index (χ1n) is 6.02. The lowest BCUT2D eigenvalue weighted by molar-refractivity contribution is 0.174.